The molecule has 0 unspecified atom stereocenters. The minimum Gasteiger partial charge on any atom is -0.489 e. The Morgan fingerprint density at radius 3 is 2.24 bits per heavy atom. The molecule has 0 saturated carbocycles. The summed E-state index contributed by atoms with van der Waals surface area (Å²) in [7, 11) is 0. The van der Waals surface area contributed by atoms with E-state index in [2.05, 4.69) is 0 Å². The van der Waals surface area contributed by atoms with Crippen molar-refractivity contribution in [1.29, 1.82) is 0 Å². The number of para-hydroxylation sites is 1. The molecule has 0 bridgehead atoms. The van der Waals surface area contributed by atoms with Crippen LogP contribution in [0.5, 0.6) is 11.5 Å². The largest absolute Gasteiger partial charge is 0.489 e. The molecule has 0 spiro atoms. The monoisotopic (exact) mass is 322 g/mol. The highest BCUT2D eigenvalue weighted by molar-refractivity contribution is 6.55. The maximum absolute atomic E-state index is 11.9. The summed E-state index contributed by atoms with van der Waals surface area (Å²) < 4.78 is 10.8. The van der Waals surface area contributed by atoms with Gasteiger partial charge in [-0.1, -0.05) is 41.4 Å². The minimum atomic E-state index is -0.420. The third kappa shape index (κ3) is 5.14. The van der Waals surface area contributed by atoms with E-state index in [4.69, 9.17) is 32.7 Å². The number of rotatable bonds is 5. The molecule has 0 aliphatic carbocycles. The Bertz CT molecular complexity index is 618. The van der Waals surface area contributed by atoms with Gasteiger partial charge in [0.1, 0.15) is 22.6 Å². The fourth-order valence-electron chi connectivity index (χ4n) is 1.54. The third-order valence-electron chi connectivity index (χ3n) is 2.53. The predicted octanol–water partition coefficient (Wildman–Crippen LogP) is 4.60. The summed E-state index contributed by atoms with van der Waals surface area (Å²) >= 11 is 10.9. The second-order valence-electron chi connectivity index (χ2n) is 4.03. The number of esters is 1. The molecule has 0 amide bonds. The van der Waals surface area contributed by atoms with Crippen molar-refractivity contribution in [2.45, 2.75) is 0 Å². The Balaban J connectivity index is 1.95. The van der Waals surface area contributed by atoms with Crippen LogP contribution in [0.2, 0.25) is 0 Å². The molecule has 108 valence electrons. The summed E-state index contributed by atoms with van der Waals surface area (Å²) in [5.41, 5.74) is 0.442. The standard InChI is InChI=1S/C16H12Cl2O3/c17-15(18)10-11-20-13-8-6-12(7-9-13)16(19)21-14-4-2-1-3-5-14/h1-10H,11H2. The SMILES string of the molecule is O=C(Oc1ccccc1)c1ccc(OCC=C(Cl)Cl)cc1. The van der Waals surface area contributed by atoms with Gasteiger partial charge in [0.05, 0.1) is 5.56 Å². The molecule has 0 radical (unpaired) electrons. The topological polar surface area (TPSA) is 35.5 Å². The lowest BCUT2D eigenvalue weighted by Crippen LogP contribution is -2.08. The molecule has 0 aliphatic heterocycles. The summed E-state index contributed by atoms with van der Waals surface area (Å²) in [6.45, 7) is 0.260. The first kappa shape index (κ1) is 15.4. The van der Waals surface area contributed by atoms with Crippen molar-refractivity contribution in [3.8, 4) is 11.5 Å². The van der Waals surface area contributed by atoms with Crippen LogP contribution in [0, 0.1) is 0 Å². The maximum atomic E-state index is 11.9. The average Bonchev–Trinajstić information content (AvgIpc) is 2.48. The van der Waals surface area contributed by atoms with Gasteiger partial charge in [-0.25, -0.2) is 4.79 Å². The van der Waals surface area contributed by atoms with E-state index in [-0.39, 0.29) is 11.1 Å². The molecule has 2 aromatic rings. The Morgan fingerprint density at radius 2 is 1.62 bits per heavy atom. The lowest BCUT2D eigenvalue weighted by molar-refractivity contribution is 0.0735. The highest BCUT2D eigenvalue weighted by atomic mass is 35.5. The van der Waals surface area contributed by atoms with Crippen molar-refractivity contribution in [3.05, 3.63) is 70.7 Å². The van der Waals surface area contributed by atoms with E-state index >= 15 is 0 Å². The van der Waals surface area contributed by atoms with Crippen LogP contribution in [-0.2, 0) is 0 Å². The molecule has 0 N–H and O–H groups in total. The molecule has 0 aromatic heterocycles. The number of carbonyl (C=O) groups is 1. The first-order chi connectivity index (χ1) is 10.1. The quantitative estimate of drug-likeness (QED) is 0.596. The van der Waals surface area contributed by atoms with Gasteiger partial charge in [-0.2, -0.15) is 0 Å². The van der Waals surface area contributed by atoms with Crippen molar-refractivity contribution < 1.29 is 14.3 Å². The average molecular weight is 323 g/mol. The lowest BCUT2D eigenvalue weighted by Gasteiger charge is -2.06. The summed E-state index contributed by atoms with van der Waals surface area (Å²) in [5.74, 6) is 0.693. The Morgan fingerprint density at radius 1 is 0.952 bits per heavy atom. The maximum Gasteiger partial charge on any atom is 0.343 e. The molecule has 0 saturated heterocycles. The molecular weight excluding hydrogens is 311 g/mol. The third-order valence-corrected chi connectivity index (χ3v) is 2.84. The van der Waals surface area contributed by atoms with E-state index in [0.717, 1.165) is 0 Å². The van der Waals surface area contributed by atoms with Crippen LogP contribution in [0.3, 0.4) is 0 Å². The molecule has 2 aromatic carbocycles. The van der Waals surface area contributed by atoms with Crippen LogP contribution in [-0.4, -0.2) is 12.6 Å². The van der Waals surface area contributed by atoms with Gasteiger partial charge in [-0.15, -0.1) is 0 Å². The molecular formula is C16H12Cl2O3. The van der Waals surface area contributed by atoms with E-state index in [0.29, 0.717) is 17.1 Å². The van der Waals surface area contributed by atoms with Crippen LogP contribution in [0.25, 0.3) is 0 Å². The highest BCUT2D eigenvalue weighted by Crippen LogP contribution is 2.16. The summed E-state index contributed by atoms with van der Waals surface area (Å²) in [6.07, 6.45) is 1.53. The Kier molecular flexibility index (Phi) is 5.67. The highest BCUT2D eigenvalue weighted by Gasteiger charge is 2.08. The Hall–Kier alpha value is -1.97. The van der Waals surface area contributed by atoms with Gasteiger partial charge in [0.2, 0.25) is 0 Å². The second-order valence-corrected chi connectivity index (χ2v) is 5.04. The molecule has 2 rings (SSSR count). The van der Waals surface area contributed by atoms with Gasteiger partial charge in [-0.3, -0.25) is 0 Å². The Labute approximate surface area is 132 Å². The van der Waals surface area contributed by atoms with E-state index in [1.807, 2.05) is 6.07 Å². The zero-order chi connectivity index (χ0) is 15.1. The van der Waals surface area contributed by atoms with Crippen molar-refractivity contribution in [1.82, 2.24) is 0 Å². The van der Waals surface area contributed by atoms with Gasteiger partial charge in [0.15, 0.2) is 0 Å². The number of hydrogen-bond acceptors (Lipinski definition) is 3. The fraction of sp³-hybridized carbons (Fsp3) is 0.0625. The number of halogens is 2. The first-order valence-electron chi connectivity index (χ1n) is 6.16. The number of ether oxygens (including phenoxy) is 2. The number of benzene rings is 2. The van der Waals surface area contributed by atoms with Crippen LogP contribution >= 0.6 is 23.2 Å². The normalized spacial score (nSPS) is 9.81. The first-order valence-corrected chi connectivity index (χ1v) is 6.92. The van der Waals surface area contributed by atoms with E-state index in [1.165, 1.54) is 6.08 Å². The van der Waals surface area contributed by atoms with Crippen molar-refractivity contribution in [2.75, 3.05) is 6.61 Å². The van der Waals surface area contributed by atoms with Crippen molar-refractivity contribution >= 4 is 29.2 Å². The van der Waals surface area contributed by atoms with Crippen LogP contribution < -0.4 is 9.47 Å². The zero-order valence-corrected chi connectivity index (χ0v) is 12.5. The van der Waals surface area contributed by atoms with Gasteiger partial charge in [0.25, 0.3) is 0 Å². The number of carbonyl (C=O) groups excluding carboxylic acids is 1. The van der Waals surface area contributed by atoms with Crippen LogP contribution in [0.1, 0.15) is 10.4 Å². The molecule has 0 heterocycles. The zero-order valence-electron chi connectivity index (χ0n) is 11.0. The molecule has 21 heavy (non-hydrogen) atoms. The fourth-order valence-corrected chi connectivity index (χ4v) is 1.67. The number of hydrogen-bond donors (Lipinski definition) is 0. The molecule has 3 nitrogen and oxygen atoms in total. The van der Waals surface area contributed by atoms with E-state index < -0.39 is 5.97 Å². The van der Waals surface area contributed by atoms with Gasteiger partial charge >= 0.3 is 5.97 Å². The van der Waals surface area contributed by atoms with Gasteiger partial charge in [-0.05, 0) is 42.5 Å². The van der Waals surface area contributed by atoms with Crippen molar-refractivity contribution in [2.24, 2.45) is 0 Å². The second kappa shape index (κ2) is 7.72. The predicted molar refractivity (Wildman–Crippen MR) is 83.1 cm³/mol. The summed E-state index contributed by atoms with van der Waals surface area (Å²) in [5, 5.41) is 0. The van der Waals surface area contributed by atoms with Crippen LogP contribution in [0.15, 0.2) is 65.2 Å². The minimum absolute atomic E-state index is 0.151. The molecule has 0 atom stereocenters. The lowest BCUT2D eigenvalue weighted by atomic mass is 10.2. The molecule has 0 aliphatic rings. The van der Waals surface area contributed by atoms with Gasteiger partial charge < -0.3 is 9.47 Å². The molecule has 0 fully saturated rings. The summed E-state index contributed by atoms with van der Waals surface area (Å²) in [4.78, 5) is 11.9. The van der Waals surface area contributed by atoms with E-state index in [1.54, 1.807) is 48.5 Å². The smallest absolute Gasteiger partial charge is 0.343 e. The molecule has 5 heteroatoms. The van der Waals surface area contributed by atoms with Crippen molar-refractivity contribution in [3.63, 3.8) is 0 Å². The van der Waals surface area contributed by atoms with E-state index in [9.17, 15) is 4.79 Å². The van der Waals surface area contributed by atoms with Gasteiger partial charge in [0, 0.05) is 0 Å². The summed E-state index contributed by atoms with van der Waals surface area (Å²) in [6, 6.07) is 15.5. The van der Waals surface area contributed by atoms with Crippen LogP contribution in [0.4, 0.5) is 0 Å².